The number of pyridine rings is 1. The molecule has 0 aliphatic carbocycles. The summed E-state index contributed by atoms with van der Waals surface area (Å²) in [4.78, 5) is 0. The zero-order valence-electron chi connectivity index (χ0n) is 10.4. The fourth-order valence-electron chi connectivity index (χ4n) is 1.49. The highest BCUT2D eigenvalue weighted by atomic mass is 32.2. The largest absolute Gasteiger partial charge is 0.534 e. The molecule has 0 saturated carbocycles. The fourth-order valence-corrected chi connectivity index (χ4v) is 1.95. The Kier molecular flexibility index (Phi) is 3.70. The molecule has 0 spiro atoms. The van der Waals surface area contributed by atoms with E-state index in [1.54, 1.807) is 6.92 Å². The molecule has 21 heavy (non-hydrogen) atoms. The third-order valence-electron chi connectivity index (χ3n) is 2.28. The van der Waals surface area contributed by atoms with Crippen LogP contribution >= 0.6 is 0 Å². The molecule has 2 rings (SSSR count). The molecule has 0 fully saturated rings. The van der Waals surface area contributed by atoms with E-state index >= 15 is 0 Å². The van der Waals surface area contributed by atoms with Gasteiger partial charge in [-0.1, -0.05) is 0 Å². The Morgan fingerprint density at radius 2 is 2.00 bits per heavy atom. The molecule has 0 aliphatic rings. The maximum atomic E-state index is 13.1. The molecular formula is C10H8F4N2O4S. The van der Waals surface area contributed by atoms with Crippen LogP contribution < -0.4 is 8.92 Å². The Hall–Kier alpha value is -2.04. The average molecular weight is 328 g/mol. The van der Waals surface area contributed by atoms with Gasteiger partial charge in [0.05, 0.1) is 12.8 Å². The third kappa shape index (κ3) is 3.01. The van der Waals surface area contributed by atoms with Crippen molar-refractivity contribution in [2.45, 2.75) is 12.4 Å². The quantitative estimate of drug-likeness (QED) is 0.488. The summed E-state index contributed by atoms with van der Waals surface area (Å²) in [5, 5.41) is 3.32. The van der Waals surface area contributed by atoms with E-state index in [1.807, 2.05) is 0 Å². The summed E-state index contributed by atoms with van der Waals surface area (Å²) in [6, 6.07) is 1.64. The highest BCUT2D eigenvalue weighted by Gasteiger charge is 2.48. The maximum absolute atomic E-state index is 13.1. The van der Waals surface area contributed by atoms with Gasteiger partial charge in [-0.05, 0) is 6.92 Å². The highest BCUT2D eigenvalue weighted by molar-refractivity contribution is 7.88. The smallest absolute Gasteiger partial charge is 0.492 e. The zero-order chi connectivity index (χ0) is 15.8. The molecule has 2 heterocycles. The van der Waals surface area contributed by atoms with Crippen molar-refractivity contribution in [3.8, 4) is 11.5 Å². The molecule has 11 heteroatoms. The first-order chi connectivity index (χ1) is 9.64. The van der Waals surface area contributed by atoms with Gasteiger partial charge in [0.15, 0.2) is 5.75 Å². The van der Waals surface area contributed by atoms with Gasteiger partial charge in [-0.15, -0.1) is 5.10 Å². The van der Waals surface area contributed by atoms with E-state index in [1.165, 1.54) is 6.20 Å². The first-order valence-corrected chi connectivity index (χ1v) is 6.87. The van der Waals surface area contributed by atoms with Crippen molar-refractivity contribution in [3.05, 3.63) is 24.3 Å². The van der Waals surface area contributed by atoms with Gasteiger partial charge >= 0.3 is 15.6 Å². The maximum Gasteiger partial charge on any atom is 0.534 e. The van der Waals surface area contributed by atoms with Gasteiger partial charge in [0.1, 0.15) is 11.3 Å². The first kappa shape index (κ1) is 15.4. The van der Waals surface area contributed by atoms with E-state index in [-0.39, 0.29) is 17.9 Å². The van der Waals surface area contributed by atoms with Gasteiger partial charge in [0.25, 0.3) is 0 Å². The number of halogens is 4. The number of aromatic nitrogens is 2. The molecule has 6 nitrogen and oxygen atoms in total. The minimum Gasteiger partial charge on any atom is -0.492 e. The Morgan fingerprint density at radius 3 is 2.57 bits per heavy atom. The first-order valence-electron chi connectivity index (χ1n) is 5.46. The highest BCUT2D eigenvalue weighted by Crippen LogP contribution is 2.32. The van der Waals surface area contributed by atoms with E-state index in [9.17, 15) is 26.0 Å². The minimum absolute atomic E-state index is 0.0273. The number of rotatable bonds is 4. The molecule has 0 amide bonds. The van der Waals surface area contributed by atoms with Crippen molar-refractivity contribution in [2.75, 3.05) is 6.61 Å². The van der Waals surface area contributed by atoms with Crippen LogP contribution in [0.4, 0.5) is 17.6 Å². The Bertz CT molecular complexity index is 769. The molecule has 0 aromatic carbocycles. The van der Waals surface area contributed by atoms with Crippen LogP contribution in [0.5, 0.6) is 11.5 Å². The fraction of sp³-hybridized carbons (Fsp3) is 0.300. The van der Waals surface area contributed by atoms with Gasteiger partial charge < -0.3 is 8.92 Å². The zero-order valence-corrected chi connectivity index (χ0v) is 11.2. The van der Waals surface area contributed by atoms with Crippen LogP contribution in [-0.4, -0.2) is 30.1 Å². The lowest BCUT2D eigenvalue weighted by Gasteiger charge is -2.11. The van der Waals surface area contributed by atoms with Crippen LogP contribution in [-0.2, 0) is 10.1 Å². The van der Waals surface area contributed by atoms with Gasteiger partial charge in [-0.2, -0.15) is 26.0 Å². The van der Waals surface area contributed by atoms with Crippen LogP contribution in [0.15, 0.2) is 18.3 Å². The van der Waals surface area contributed by atoms with Crippen LogP contribution in [0.25, 0.3) is 5.52 Å². The van der Waals surface area contributed by atoms with Crippen molar-refractivity contribution in [1.82, 2.24) is 9.61 Å². The molecule has 0 bridgehead atoms. The van der Waals surface area contributed by atoms with Crippen LogP contribution in [0.2, 0.25) is 0 Å². The summed E-state index contributed by atoms with van der Waals surface area (Å²) in [6.45, 7) is 1.75. The van der Waals surface area contributed by atoms with Crippen molar-refractivity contribution < 1.29 is 34.9 Å². The lowest BCUT2D eigenvalue weighted by atomic mass is 10.3. The van der Waals surface area contributed by atoms with E-state index in [0.29, 0.717) is 0 Å². The monoisotopic (exact) mass is 328 g/mol. The lowest BCUT2D eigenvalue weighted by Crippen LogP contribution is -2.28. The molecule has 0 atom stereocenters. The Labute approximate surface area is 116 Å². The second-order valence-corrected chi connectivity index (χ2v) is 5.29. The van der Waals surface area contributed by atoms with Gasteiger partial charge in [0.2, 0.25) is 5.95 Å². The predicted octanol–water partition coefficient (Wildman–Crippen LogP) is 2.10. The van der Waals surface area contributed by atoms with Crippen molar-refractivity contribution in [2.24, 2.45) is 0 Å². The molecule has 0 unspecified atom stereocenters. The second-order valence-electron chi connectivity index (χ2n) is 3.75. The third-order valence-corrected chi connectivity index (χ3v) is 3.24. The summed E-state index contributed by atoms with van der Waals surface area (Å²) < 4.78 is 82.0. The Morgan fingerprint density at radius 1 is 1.33 bits per heavy atom. The number of hydrogen-bond donors (Lipinski definition) is 0. The summed E-state index contributed by atoms with van der Waals surface area (Å²) in [5.74, 6) is -1.78. The van der Waals surface area contributed by atoms with Crippen LogP contribution in [0.1, 0.15) is 6.92 Å². The Balaban J connectivity index is 2.56. The minimum atomic E-state index is -5.88. The summed E-state index contributed by atoms with van der Waals surface area (Å²) in [7, 11) is -5.88. The van der Waals surface area contributed by atoms with Gasteiger partial charge in [-0.3, -0.25) is 0 Å². The predicted molar refractivity (Wildman–Crippen MR) is 61.9 cm³/mol. The van der Waals surface area contributed by atoms with E-state index in [0.717, 1.165) is 16.6 Å². The van der Waals surface area contributed by atoms with Crippen LogP contribution in [0, 0.1) is 5.95 Å². The molecule has 0 radical (unpaired) electrons. The topological polar surface area (TPSA) is 69.9 Å². The SMILES string of the molecule is CCOc1cc(OS(=O)(=O)C(F)(F)F)c2cc(F)nn2c1. The molecular weight excluding hydrogens is 320 g/mol. The van der Waals surface area contributed by atoms with E-state index in [2.05, 4.69) is 9.28 Å². The second kappa shape index (κ2) is 5.06. The molecule has 2 aromatic heterocycles. The van der Waals surface area contributed by atoms with Gasteiger partial charge in [-0.25, -0.2) is 4.52 Å². The number of fused-ring (bicyclic) bond motifs is 1. The van der Waals surface area contributed by atoms with Gasteiger partial charge in [0, 0.05) is 12.1 Å². The number of nitrogens with zero attached hydrogens (tertiary/aromatic N) is 2. The lowest BCUT2D eigenvalue weighted by molar-refractivity contribution is -0.0499. The summed E-state index contributed by atoms with van der Waals surface area (Å²) >= 11 is 0. The normalized spacial score (nSPS) is 12.6. The number of alkyl halides is 3. The molecule has 0 saturated heterocycles. The number of ether oxygens (including phenoxy) is 1. The molecule has 0 aliphatic heterocycles. The van der Waals surface area contributed by atoms with Crippen LogP contribution in [0.3, 0.4) is 0 Å². The molecule has 116 valence electrons. The van der Waals surface area contributed by atoms with E-state index < -0.39 is 27.3 Å². The van der Waals surface area contributed by atoms with Crippen molar-refractivity contribution in [3.63, 3.8) is 0 Å². The standard InChI is InChI=1S/C10H8F4N2O4S/c1-2-19-6-3-8(20-21(17,18)10(12,13)14)7-4-9(11)15-16(7)5-6/h3-5H,2H2,1H3. The summed E-state index contributed by atoms with van der Waals surface area (Å²) in [5.41, 5.74) is -5.90. The summed E-state index contributed by atoms with van der Waals surface area (Å²) in [6.07, 6.45) is 1.18. The molecule has 2 aromatic rings. The van der Waals surface area contributed by atoms with Crippen molar-refractivity contribution in [1.29, 1.82) is 0 Å². The average Bonchev–Trinajstić information content (AvgIpc) is 2.68. The van der Waals surface area contributed by atoms with Crippen molar-refractivity contribution >= 4 is 15.6 Å². The number of hydrogen-bond acceptors (Lipinski definition) is 5. The van der Waals surface area contributed by atoms with E-state index in [4.69, 9.17) is 4.74 Å². The molecule has 0 N–H and O–H groups in total.